The third kappa shape index (κ3) is 2.17. The molecule has 4 rings (SSSR count). The van der Waals surface area contributed by atoms with Crippen LogP contribution in [0.15, 0.2) is 4.79 Å². The van der Waals surface area contributed by atoms with Crippen LogP contribution in [0.2, 0.25) is 0 Å². The summed E-state index contributed by atoms with van der Waals surface area (Å²) in [5.74, 6) is 2.69. The minimum absolute atomic E-state index is 0.147. The molecule has 122 valence electrons. The number of fused-ring (bicyclic) bond motifs is 2. The lowest BCUT2D eigenvalue weighted by atomic mass is 10.1. The molecule has 0 aromatic carbocycles. The Hall–Kier alpha value is -2.18. The molecule has 3 heterocycles. The van der Waals surface area contributed by atoms with Crippen molar-refractivity contribution in [1.82, 2.24) is 29.1 Å². The van der Waals surface area contributed by atoms with Gasteiger partial charge in [0.15, 0.2) is 17.0 Å². The molecule has 0 radical (unpaired) electrons. The molecule has 1 aliphatic carbocycles. The van der Waals surface area contributed by atoms with Crippen molar-refractivity contribution in [3.63, 3.8) is 0 Å². The fraction of sp³-hybridized carbons (Fsp3) is 0.625. The van der Waals surface area contributed by atoms with Crippen LogP contribution in [0.4, 0.5) is 0 Å². The first kappa shape index (κ1) is 14.4. The smallest absolute Gasteiger partial charge is 0.301 e. The molecule has 0 unspecified atom stereocenters. The molecular formula is C16H22N6O. The maximum atomic E-state index is 12.8. The van der Waals surface area contributed by atoms with Gasteiger partial charge in [-0.2, -0.15) is 9.50 Å². The van der Waals surface area contributed by atoms with Crippen LogP contribution in [0, 0.1) is 0 Å². The van der Waals surface area contributed by atoms with E-state index >= 15 is 0 Å². The number of nitrogens with one attached hydrogen (secondary N) is 1. The average Bonchev–Trinajstić information content (AvgIpc) is 3.29. The molecule has 7 nitrogen and oxygen atoms in total. The third-order valence-electron chi connectivity index (χ3n) is 4.75. The van der Waals surface area contributed by atoms with Gasteiger partial charge in [-0.05, 0) is 19.3 Å². The average molecular weight is 314 g/mol. The monoisotopic (exact) mass is 314 g/mol. The molecule has 0 saturated heterocycles. The molecule has 23 heavy (non-hydrogen) atoms. The minimum atomic E-state index is -0.147. The fourth-order valence-corrected chi connectivity index (χ4v) is 3.56. The number of hydrogen-bond donors (Lipinski definition) is 1. The molecule has 0 atom stereocenters. The summed E-state index contributed by atoms with van der Waals surface area (Å²) in [6.07, 6.45) is 6.45. The number of aryl methyl sites for hydroxylation is 2. The van der Waals surface area contributed by atoms with E-state index in [2.05, 4.69) is 22.0 Å². The topological polar surface area (TPSA) is 80.9 Å². The molecule has 0 amide bonds. The van der Waals surface area contributed by atoms with Gasteiger partial charge in [-0.15, -0.1) is 5.10 Å². The first-order valence-corrected chi connectivity index (χ1v) is 8.61. The van der Waals surface area contributed by atoms with E-state index in [4.69, 9.17) is 4.98 Å². The van der Waals surface area contributed by atoms with Crippen molar-refractivity contribution in [3.05, 3.63) is 22.0 Å². The van der Waals surface area contributed by atoms with E-state index in [1.807, 2.05) is 11.5 Å². The highest BCUT2D eigenvalue weighted by atomic mass is 16.1. The zero-order chi connectivity index (χ0) is 16.0. The number of H-pyrrole nitrogens is 1. The molecule has 1 N–H and O–H groups in total. The largest absolute Gasteiger partial charge is 0.336 e. The van der Waals surface area contributed by atoms with Crippen LogP contribution in [-0.2, 0) is 13.0 Å². The third-order valence-corrected chi connectivity index (χ3v) is 4.75. The lowest BCUT2D eigenvalue weighted by Crippen LogP contribution is -2.20. The molecular weight excluding hydrogens is 292 g/mol. The number of hydrogen-bond acceptors (Lipinski definition) is 4. The molecule has 3 aromatic heterocycles. The van der Waals surface area contributed by atoms with Gasteiger partial charge in [0.25, 0.3) is 0 Å². The molecule has 0 bridgehead atoms. The predicted molar refractivity (Wildman–Crippen MR) is 87.8 cm³/mol. The summed E-state index contributed by atoms with van der Waals surface area (Å²) < 4.78 is 3.45. The van der Waals surface area contributed by atoms with Gasteiger partial charge >= 0.3 is 5.56 Å². The van der Waals surface area contributed by atoms with E-state index in [9.17, 15) is 4.79 Å². The van der Waals surface area contributed by atoms with E-state index < -0.39 is 0 Å². The Bertz CT molecular complexity index is 912. The van der Waals surface area contributed by atoms with Crippen LogP contribution in [0.25, 0.3) is 16.9 Å². The number of nitrogens with zero attached hydrogens (tertiary/aromatic N) is 5. The van der Waals surface area contributed by atoms with Crippen LogP contribution in [0.3, 0.4) is 0 Å². The zero-order valence-corrected chi connectivity index (χ0v) is 13.7. The second-order valence-corrected chi connectivity index (χ2v) is 6.35. The van der Waals surface area contributed by atoms with Gasteiger partial charge in [0.2, 0.25) is 5.78 Å². The van der Waals surface area contributed by atoms with E-state index in [0.29, 0.717) is 29.5 Å². The second kappa shape index (κ2) is 5.47. The van der Waals surface area contributed by atoms with Crippen molar-refractivity contribution in [3.8, 4) is 0 Å². The van der Waals surface area contributed by atoms with Gasteiger partial charge < -0.3 is 4.98 Å². The van der Waals surface area contributed by atoms with Crippen LogP contribution >= 0.6 is 0 Å². The van der Waals surface area contributed by atoms with Crippen molar-refractivity contribution in [1.29, 1.82) is 0 Å². The molecule has 7 heteroatoms. The lowest BCUT2D eigenvalue weighted by molar-refractivity contribution is 0.670. The summed E-state index contributed by atoms with van der Waals surface area (Å²) >= 11 is 0. The Balaban J connectivity index is 2.00. The van der Waals surface area contributed by atoms with Crippen molar-refractivity contribution in [2.45, 2.75) is 64.8 Å². The van der Waals surface area contributed by atoms with Gasteiger partial charge in [0.1, 0.15) is 5.82 Å². The summed E-state index contributed by atoms with van der Waals surface area (Å²) in [6.45, 7) is 4.88. The van der Waals surface area contributed by atoms with Crippen LogP contribution in [0.5, 0.6) is 0 Å². The van der Waals surface area contributed by atoms with Gasteiger partial charge in [-0.25, -0.2) is 4.98 Å². The summed E-state index contributed by atoms with van der Waals surface area (Å²) in [7, 11) is 0. The first-order valence-electron chi connectivity index (χ1n) is 8.61. The van der Waals surface area contributed by atoms with E-state index in [0.717, 1.165) is 37.3 Å². The molecule has 1 fully saturated rings. The SMILES string of the molecule is CCCn1c2nc(C3CCCC3)[nH]c2c(=O)n2nc(CC)nc12. The zero-order valence-electron chi connectivity index (χ0n) is 13.7. The summed E-state index contributed by atoms with van der Waals surface area (Å²) in [4.78, 5) is 25.4. The number of rotatable bonds is 4. The van der Waals surface area contributed by atoms with E-state index in [1.165, 1.54) is 17.4 Å². The Morgan fingerprint density at radius 1 is 1.22 bits per heavy atom. The number of imidazole rings is 1. The number of aromatic nitrogens is 6. The normalized spacial score (nSPS) is 16.1. The van der Waals surface area contributed by atoms with Gasteiger partial charge in [-0.1, -0.05) is 26.7 Å². The highest BCUT2D eigenvalue weighted by molar-refractivity contribution is 5.72. The standard InChI is InChI=1S/C16H22N6O/c1-3-9-21-14-12(18-13(19-14)10-7-5-6-8-10)15(23)22-16(21)17-11(4-2)20-22/h10H,3-9H2,1-2H3,(H,18,19). The van der Waals surface area contributed by atoms with Crippen LogP contribution in [0.1, 0.15) is 63.5 Å². The highest BCUT2D eigenvalue weighted by Crippen LogP contribution is 2.33. The van der Waals surface area contributed by atoms with Crippen LogP contribution < -0.4 is 5.56 Å². The molecule has 3 aromatic rings. The Kier molecular flexibility index (Phi) is 3.43. The van der Waals surface area contributed by atoms with Gasteiger partial charge in [0.05, 0.1) is 0 Å². The van der Waals surface area contributed by atoms with E-state index in [1.54, 1.807) is 0 Å². The van der Waals surface area contributed by atoms with Crippen LogP contribution in [-0.4, -0.2) is 29.1 Å². The Morgan fingerprint density at radius 3 is 2.70 bits per heavy atom. The Morgan fingerprint density at radius 2 is 2.00 bits per heavy atom. The van der Waals surface area contributed by atoms with Crippen molar-refractivity contribution >= 4 is 16.9 Å². The van der Waals surface area contributed by atoms with E-state index in [-0.39, 0.29) is 5.56 Å². The van der Waals surface area contributed by atoms with Crippen molar-refractivity contribution in [2.75, 3.05) is 0 Å². The minimum Gasteiger partial charge on any atom is -0.336 e. The van der Waals surface area contributed by atoms with Crippen molar-refractivity contribution < 1.29 is 0 Å². The molecule has 0 spiro atoms. The molecule has 0 aliphatic heterocycles. The summed E-state index contributed by atoms with van der Waals surface area (Å²) in [6, 6.07) is 0. The Labute approximate surface area is 133 Å². The molecule has 1 aliphatic rings. The van der Waals surface area contributed by atoms with Gasteiger partial charge in [-0.3, -0.25) is 9.36 Å². The highest BCUT2D eigenvalue weighted by Gasteiger charge is 2.23. The number of aromatic amines is 1. The van der Waals surface area contributed by atoms with Gasteiger partial charge in [0, 0.05) is 18.9 Å². The predicted octanol–water partition coefficient (Wildman–Crippen LogP) is 2.40. The quantitative estimate of drug-likeness (QED) is 0.802. The lowest BCUT2D eigenvalue weighted by Gasteiger charge is -2.06. The van der Waals surface area contributed by atoms with Crippen molar-refractivity contribution in [2.24, 2.45) is 0 Å². The fourth-order valence-electron chi connectivity index (χ4n) is 3.56. The second-order valence-electron chi connectivity index (χ2n) is 6.35. The maximum Gasteiger partial charge on any atom is 0.301 e. The summed E-state index contributed by atoms with van der Waals surface area (Å²) in [5, 5.41) is 4.36. The maximum absolute atomic E-state index is 12.8. The first-order chi connectivity index (χ1) is 11.2. The molecule has 1 saturated carbocycles. The summed E-state index contributed by atoms with van der Waals surface area (Å²) in [5.41, 5.74) is 1.13.